The van der Waals surface area contributed by atoms with Crippen LogP contribution in [-0.2, 0) is 37.5 Å². The highest BCUT2D eigenvalue weighted by Gasteiger charge is 2.48. The normalized spacial score (nSPS) is 18.2. The Bertz CT molecular complexity index is 1740. The third-order valence-electron chi connectivity index (χ3n) is 6.39. The Balaban J connectivity index is 0.000000365. The first-order valence-corrected chi connectivity index (χ1v) is 15.2. The molecule has 2 aromatic heterocycles. The molecule has 3 N–H and O–H groups in total. The molecule has 2 aliphatic heterocycles. The monoisotopic (exact) mass is 782 g/mol. The number of likely N-dealkylation sites (tertiary alicyclic amines) is 1. The van der Waals surface area contributed by atoms with Gasteiger partial charge >= 0.3 is 36.4 Å². The third-order valence-corrected chi connectivity index (χ3v) is 8.28. The number of halogens is 10. The molecule has 1 saturated heterocycles. The number of pyridine rings is 2. The summed E-state index contributed by atoms with van der Waals surface area (Å²) in [5, 5.41) is 21.4. The van der Waals surface area contributed by atoms with Gasteiger partial charge in [0.2, 0.25) is 15.9 Å². The molecule has 2 aliphatic rings. The maximum absolute atomic E-state index is 14.2. The van der Waals surface area contributed by atoms with Crippen LogP contribution in [0.3, 0.4) is 0 Å². The number of hydrogen-bond donors (Lipinski definition) is 3. The molecule has 3 aromatic rings. The van der Waals surface area contributed by atoms with E-state index < -0.39 is 58.6 Å². The van der Waals surface area contributed by atoms with E-state index in [-0.39, 0.29) is 23.1 Å². The minimum Gasteiger partial charge on any atom is -0.475 e. The topological polar surface area (TPSA) is 188 Å². The molecular formula is C28H24F10N4O9S. The van der Waals surface area contributed by atoms with Crippen molar-refractivity contribution in [2.45, 2.75) is 48.7 Å². The molecule has 0 radical (unpaired) electrons. The van der Waals surface area contributed by atoms with Crippen molar-refractivity contribution in [3.05, 3.63) is 84.1 Å². The number of ether oxygens (including phenoxy) is 1. The van der Waals surface area contributed by atoms with Crippen molar-refractivity contribution in [1.82, 2.24) is 19.2 Å². The van der Waals surface area contributed by atoms with Crippen LogP contribution >= 0.6 is 0 Å². The molecule has 2 unspecified atom stereocenters. The van der Waals surface area contributed by atoms with Gasteiger partial charge in [-0.2, -0.15) is 43.8 Å². The van der Waals surface area contributed by atoms with E-state index >= 15 is 0 Å². The number of aliphatic carboxylic acids is 3. The van der Waals surface area contributed by atoms with Gasteiger partial charge in [-0.3, -0.25) is 9.88 Å². The van der Waals surface area contributed by atoms with Crippen LogP contribution in [0.25, 0.3) is 0 Å². The summed E-state index contributed by atoms with van der Waals surface area (Å²) in [6, 6.07) is 14.7. The van der Waals surface area contributed by atoms with E-state index in [1.807, 2.05) is 11.0 Å². The van der Waals surface area contributed by atoms with Gasteiger partial charge in [-0.15, -0.1) is 0 Å². The highest BCUT2D eigenvalue weighted by Crippen LogP contribution is 2.36. The first-order valence-electron chi connectivity index (χ1n) is 13.7. The Hall–Kier alpha value is -5.10. The molecule has 52 heavy (non-hydrogen) atoms. The van der Waals surface area contributed by atoms with E-state index in [9.17, 15) is 52.3 Å². The summed E-state index contributed by atoms with van der Waals surface area (Å²) in [6.07, 6.45) is -12.5. The smallest absolute Gasteiger partial charge is 0.475 e. The summed E-state index contributed by atoms with van der Waals surface area (Å²) >= 11 is 0. The van der Waals surface area contributed by atoms with E-state index in [0.29, 0.717) is 30.9 Å². The zero-order valence-corrected chi connectivity index (χ0v) is 26.4. The number of fused-ring (bicyclic) bond motifs is 2. The lowest BCUT2D eigenvalue weighted by atomic mass is 10.2. The second-order valence-corrected chi connectivity index (χ2v) is 12.0. The SMILES string of the molecule is O=C(O)C(F)(F)F.O=C(O)C(F)(F)F.O=C(O)C(F)(F)F.O=S1(=O)c2cccnc2OC2CN(Cc3ccccc3F)CC2N1Cc1ccccn1. The van der Waals surface area contributed by atoms with Crippen molar-refractivity contribution >= 4 is 27.9 Å². The van der Waals surface area contributed by atoms with Crippen LogP contribution in [0.2, 0.25) is 0 Å². The number of carbonyl (C=O) groups is 3. The number of nitrogens with zero attached hydrogens (tertiary/aromatic N) is 4. The largest absolute Gasteiger partial charge is 0.490 e. The molecule has 0 amide bonds. The number of benzene rings is 1. The molecule has 24 heteroatoms. The molecule has 1 fully saturated rings. The molecule has 0 spiro atoms. The van der Waals surface area contributed by atoms with Gasteiger partial charge < -0.3 is 20.1 Å². The zero-order valence-electron chi connectivity index (χ0n) is 25.6. The lowest BCUT2D eigenvalue weighted by Gasteiger charge is -2.27. The van der Waals surface area contributed by atoms with E-state index in [0.717, 1.165) is 0 Å². The van der Waals surface area contributed by atoms with E-state index in [1.165, 1.54) is 22.6 Å². The van der Waals surface area contributed by atoms with Crippen molar-refractivity contribution < 1.29 is 86.8 Å². The predicted octanol–water partition coefficient (Wildman–Crippen LogP) is 4.35. The Kier molecular flexibility index (Phi) is 14.4. The first kappa shape index (κ1) is 43.1. The van der Waals surface area contributed by atoms with E-state index in [4.69, 9.17) is 34.4 Å². The average Bonchev–Trinajstić information content (AvgIpc) is 3.39. The minimum atomic E-state index is -5.08. The Morgan fingerprint density at radius 2 is 1.23 bits per heavy atom. The van der Waals surface area contributed by atoms with Crippen molar-refractivity contribution in [2.24, 2.45) is 0 Å². The van der Waals surface area contributed by atoms with Crippen molar-refractivity contribution in [3.63, 3.8) is 0 Å². The number of hydrogen-bond acceptors (Lipinski definition) is 9. The van der Waals surface area contributed by atoms with Gasteiger partial charge in [0, 0.05) is 37.6 Å². The molecule has 2 atom stereocenters. The minimum absolute atomic E-state index is 0.0565. The second kappa shape index (κ2) is 17.4. The summed E-state index contributed by atoms with van der Waals surface area (Å²) in [5.41, 5.74) is 1.21. The number of rotatable bonds is 4. The van der Waals surface area contributed by atoms with Crippen LogP contribution < -0.4 is 4.74 Å². The first-order chi connectivity index (χ1) is 23.9. The van der Waals surface area contributed by atoms with E-state index in [1.54, 1.807) is 42.6 Å². The van der Waals surface area contributed by atoms with Crippen LogP contribution in [0.1, 0.15) is 11.3 Å². The average molecular weight is 783 g/mol. The molecule has 13 nitrogen and oxygen atoms in total. The molecule has 5 rings (SSSR count). The summed E-state index contributed by atoms with van der Waals surface area (Å²) in [6.45, 7) is 1.37. The Morgan fingerprint density at radius 3 is 1.71 bits per heavy atom. The molecule has 286 valence electrons. The fourth-order valence-corrected chi connectivity index (χ4v) is 5.87. The number of sulfonamides is 1. The number of carboxylic acids is 3. The molecule has 1 aromatic carbocycles. The molecular weight excluding hydrogens is 758 g/mol. The van der Waals surface area contributed by atoms with Gasteiger partial charge in [-0.1, -0.05) is 24.3 Å². The van der Waals surface area contributed by atoms with Gasteiger partial charge in [0.1, 0.15) is 16.8 Å². The molecule has 4 heterocycles. The second-order valence-electron chi connectivity index (χ2n) is 10.1. The summed E-state index contributed by atoms with van der Waals surface area (Å²) in [4.78, 5) is 37.2. The maximum atomic E-state index is 14.2. The lowest BCUT2D eigenvalue weighted by Crippen LogP contribution is -2.46. The molecule has 0 aliphatic carbocycles. The number of alkyl halides is 9. The summed E-state index contributed by atoms with van der Waals surface area (Å²) in [5.74, 6) is -8.44. The number of carboxylic acid groups (broad SMARTS) is 3. The summed E-state index contributed by atoms with van der Waals surface area (Å²) < 4.78 is 144. The third kappa shape index (κ3) is 12.6. The van der Waals surface area contributed by atoms with Crippen molar-refractivity contribution in [2.75, 3.05) is 13.1 Å². The summed E-state index contributed by atoms with van der Waals surface area (Å²) in [7, 11) is -3.87. The van der Waals surface area contributed by atoms with E-state index in [2.05, 4.69) is 9.97 Å². The van der Waals surface area contributed by atoms with Crippen LogP contribution in [0.4, 0.5) is 43.9 Å². The number of aromatic nitrogens is 2. The van der Waals surface area contributed by atoms with Crippen LogP contribution in [0.15, 0.2) is 71.9 Å². The van der Waals surface area contributed by atoms with Crippen molar-refractivity contribution in [3.8, 4) is 5.88 Å². The van der Waals surface area contributed by atoms with Crippen LogP contribution in [-0.4, -0.2) is 105 Å². The van der Waals surface area contributed by atoms with Crippen LogP contribution in [0, 0.1) is 5.82 Å². The Morgan fingerprint density at radius 1 is 0.731 bits per heavy atom. The highest BCUT2D eigenvalue weighted by atomic mass is 32.2. The Labute approximate surface area is 285 Å². The zero-order chi connectivity index (χ0) is 39.7. The fourth-order valence-electron chi connectivity index (χ4n) is 4.18. The van der Waals surface area contributed by atoms with Gasteiger partial charge in [0.25, 0.3) is 0 Å². The standard InChI is InChI=1S/C22H21FN4O3S.3C2HF3O2/c23-18-8-2-1-6-16(18)12-26-14-19-20(15-26)30-22-21(9-5-11-25-22)31(28,29)27(19)13-17-7-3-4-10-24-17;3*3-2(4,5)1(6)7/h1-11,19-20H,12-15H2;3*(H,6,7). The van der Waals surface area contributed by atoms with Crippen LogP contribution in [0.5, 0.6) is 5.88 Å². The maximum Gasteiger partial charge on any atom is 0.490 e. The quantitative estimate of drug-likeness (QED) is 0.318. The molecule has 0 saturated carbocycles. The van der Waals surface area contributed by atoms with Crippen molar-refractivity contribution in [1.29, 1.82) is 0 Å². The highest BCUT2D eigenvalue weighted by molar-refractivity contribution is 7.89. The fraction of sp³-hybridized carbons (Fsp3) is 0.321. The predicted molar refractivity (Wildman–Crippen MR) is 152 cm³/mol. The lowest BCUT2D eigenvalue weighted by molar-refractivity contribution is -0.193. The van der Waals surface area contributed by atoms with Gasteiger partial charge in [-0.05, 0) is 30.3 Å². The van der Waals surface area contributed by atoms with Gasteiger partial charge in [-0.25, -0.2) is 32.2 Å². The molecule has 0 bridgehead atoms. The van der Waals surface area contributed by atoms with Gasteiger partial charge in [0.15, 0.2) is 0 Å². The van der Waals surface area contributed by atoms with Gasteiger partial charge in [0.05, 0.1) is 18.3 Å².